The van der Waals surface area contributed by atoms with Crippen LogP contribution in [0.2, 0.25) is 0 Å². The Bertz CT molecular complexity index is 1890. The fourth-order valence-corrected chi connectivity index (χ4v) is 6.01. The molecule has 0 aliphatic rings. The summed E-state index contributed by atoms with van der Waals surface area (Å²) in [6.07, 6.45) is -10.6. The number of halogens is 10. The van der Waals surface area contributed by atoms with Gasteiger partial charge in [0.15, 0.2) is 0 Å². The molecule has 0 aliphatic carbocycles. The molecule has 4 aromatic rings. The van der Waals surface area contributed by atoms with E-state index in [1.807, 2.05) is 0 Å². The number of carbonyl (C=O) groups excluding carboxylic acids is 2. The Hall–Kier alpha value is -5.48. The standard InChI is InChI=1S/C40H37F10NO6/c1-54-35(52)14-6-4-2-3-5-7-21-55-30-18-15-26(16-19-30)25-37(28-10-8-12-31(23-28)56-39(45,46)47,29-11-9-13-32(24-29)57-40(48,49)50)51-36(53)27-17-20-34(41)33(22-27)38(42,43)44/h8-13,15-20,22-24H,2-7,14,21,25H2,1H3,(H,51,53). The van der Waals surface area contributed by atoms with Crippen LogP contribution in [0.5, 0.6) is 17.2 Å². The normalized spacial score (nSPS) is 12.2. The summed E-state index contributed by atoms with van der Waals surface area (Å²) in [4.78, 5) is 25.1. The number of hydrogen-bond donors (Lipinski definition) is 1. The molecule has 57 heavy (non-hydrogen) atoms. The monoisotopic (exact) mass is 817 g/mol. The zero-order valence-electron chi connectivity index (χ0n) is 30.3. The van der Waals surface area contributed by atoms with Gasteiger partial charge in [-0.25, -0.2) is 4.39 Å². The van der Waals surface area contributed by atoms with Gasteiger partial charge in [-0.3, -0.25) is 9.59 Å². The van der Waals surface area contributed by atoms with E-state index in [-0.39, 0.29) is 23.2 Å². The Balaban J connectivity index is 1.70. The van der Waals surface area contributed by atoms with E-state index in [4.69, 9.17) is 4.74 Å². The highest BCUT2D eigenvalue weighted by atomic mass is 19.4. The van der Waals surface area contributed by atoms with Gasteiger partial charge in [0.25, 0.3) is 5.91 Å². The van der Waals surface area contributed by atoms with E-state index < -0.39 is 65.2 Å². The molecule has 1 amide bonds. The highest BCUT2D eigenvalue weighted by molar-refractivity contribution is 5.95. The van der Waals surface area contributed by atoms with Gasteiger partial charge in [0.05, 0.1) is 24.8 Å². The fraction of sp³-hybridized carbons (Fsp3) is 0.350. The number of amides is 1. The summed E-state index contributed by atoms with van der Waals surface area (Å²) in [5, 5.41) is 2.54. The summed E-state index contributed by atoms with van der Waals surface area (Å²) < 4.78 is 154. The van der Waals surface area contributed by atoms with E-state index in [0.29, 0.717) is 36.8 Å². The van der Waals surface area contributed by atoms with E-state index in [0.717, 1.165) is 74.6 Å². The van der Waals surface area contributed by atoms with Crippen LogP contribution in [0.4, 0.5) is 43.9 Å². The Morgan fingerprint density at radius 2 is 1.18 bits per heavy atom. The van der Waals surface area contributed by atoms with Crippen LogP contribution in [0.1, 0.15) is 77.6 Å². The van der Waals surface area contributed by atoms with Crippen LogP contribution in [0.3, 0.4) is 0 Å². The number of nitrogens with one attached hydrogen (secondary N) is 1. The maximum atomic E-state index is 14.2. The number of esters is 1. The second-order valence-electron chi connectivity index (χ2n) is 12.8. The van der Waals surface area contributed by atoms with Crippen molar-refractivity contribution in [3.63, 3.8) is 0 Å². The van der Waals surface area contributed by atoms with Crippen LogP contribution in [-0.4, -0.2) is 38.3 Å². The fourth-order valence-electron chi connectivity index (χ4n) is 6.01. The van der Waals surface area contributed by atoms with Crippen molar-refractivity contribution in [2.45, 2.75) is 75.8 Å². The summed E-state index contributed by atoms with van der Waals surface area (Å²) in [5.41, 5.74) is -4.68. The molecule has 0 heterocycles. The first kappa shape index (κ1) is 44.2. The quantitative estimate of drug-likeness (QED) is 0.0612. The third kappa shape index (κ3) is 13.6. The van der Waals surface area contributed by atoms with Crippen molar-refractivity contribution in [1.82, 2.24) is 5.32 Å². The lowest BCUT2D eigenvalue weighted by Gasteiger charge is -2.37. The first-order chi connectivity index (χ1) is 26.8. The van der Waals surface area contributed by atoms with E-state index >= 15 is 0 Å². The summed E-state index contributed by atoms with van der Waals surface area (Å²) in [6, 6.07) is 15.9. The maximum absolute atomic E-state index is 14.2. The van der Waals surface area contributed by atoms with Crippen molar-refractivity contribution in [2.75, 3.05) is 13.7 Å². The van der Waals surface area contributed by atoms with E-state index in [9.17, 15) is 53.5 Å². The number of unbranched alkanes of at least 4 members (excludes halogenated alkanes) is 5. The van der Waals surface area contributed by atoms with Crippen molar-refractivity contribution >= 4 is 11.9 Å². The predicted molar refractivity (Wildman–Crippen MR) is 186 cm³/mol. The van der Waals surface area contributed by atoms with Gasteiger partial charge >= 0.3 is 24.9 Å². The van der Waals surface area contributed by atoms with Crippen molar-refractivity contribution in [2.24, 2.45) is 0 Å². The Morgan fingerprint density at radius 3 is 1.70 bits per heavy atom. The van der Waals surface area contributed by atoms with Gasteiger partial charge in [0.1, 0.15) is 23.1 Å². The van der Waals surface area contributed by atoms with Crippen molar-refractivity contribution in [3.8, 4) is 17.2 Å². The molecule has 0 fully saturated rings. The van der Waals surface area contributed by atoms with Crippen LogP contribution < -0.4 is 19.5 Å². The molecule has 0 atom stereocenters. The number of ether oxygens (including phenoxy) is 4. The second kappa shape index (κ2) is 19.1. The number of hydrogen-bond acceptors (Lipinski definition) is 6. The molecule has 4 rings (SSSR count). The van der Waals surface area contributed by atoms with Gasteiger partial charge < -0.3 is 24.3 Å². The Morgan fingerprint density at radius 1 is 0.632 bits per heavy atom. The summed E-state index contributed by atoms with van der Waals surface area (Å²) in [5.74, 6) is -4.38. The molecule has 0 saturated carbocycles. The molecule has 0 aliphatic heterocycles. The minimum atomic E-state index is -5.22. The number of alkyl halides is 9. The largest absolute Gasteiger partial charge is 0.573 e. The van der Waals surface area contributed by atoms with E-state index in [1.54, 1.807) is 12.1 Å². The summed E-state index contributed by atoms with van der Waals surface area (Å²) in [6.45, 7) is 0.344. The zero-order valence-corrected chi connectivity index (χ0v) is 30.3. The molecule has 0 bridgehead atoms. The Labute approximate surface area is 320 Å². The lowest BCUT2D eigenvalue weighted by atomic mass is 9.77. The maximum Gasteiger partial charge on any atom is 0.573 e. The van der Waals surface area contributed by atoms with Gasteiger partial charge in [0.2, 0.25) is 0 Å². The molecule has 0 spiro atoms. The van der Waals surface area contributed by atoms with Gasteiger partial charge in [-0.1, -0.05) is 62.1 Å². The van der Waals surface area contributed by atoms with Crippen LogP contribution in [0, 0.1) is 5.82 Å². The molecule has 308 valence electrons. The van der Waals surface area contributed by atoms with Crippen LogP contribution in [-0.2, 0) is 27.7 Å². The van der Waals surface area contributed by atoms with Crippen molar-refractivity contribution < 1.29 is 72.4 Å². The zero-order chi connectivity index (χ0) is 41.9. The van der Waals surface area contributed by atoms with Crippen molar-refractivity contribution in [3.05, 3.63) is 125 Å². The van der Waals surface area contributed by atoms with Gasteiger partial charge in [-0.2, -0.15) is 13.2 Å². The topological polar surface area (TPSA) is 83.1 Å². The van der Waals surface area contributed by atoms with Gasteiger partial charge in [-0.05, 0) is 84.1 Å². The third-order valence-corrected chi connectivity index (χ3v) is 8.65. The number of carbonyl (C=O) groups is 2. The average molecular weight is 818 g/mol. The van der Waals surface area contributed by atoms with Gasteiger partial charge in [-0.15, -0.1) is 26.3 Å². The average Bonchev–Trinajstić information content (AvgIpc) is 3.12. The number of methoxy groups -OCH3 is 1. The molecule has 0 aromatic heterocycles. The minimum Gasteiger partial charge on any atom is -0.494 e. The number of rotatable bonds is 18. The van der Waals surface area contributed by atoms with Crippen LogP contribution in [0.25, 0.3) is 0 Å². The summed E-state index contributed by atoms with van der Waals surface area (Å²) in [7, 11) is 1.34. The Kier molecular flexibility index (Phi) is 14.8. The molecule has 0 radical (unpaired) electrons. The first-order valence-electron chi connectivity index (χ1n) is 17.5. The second-order valence-corrected chi connectivity index (χ2v) is 12.8. The molecule has 0 unspecified atom stereocenters. The molecule has 4 aromatic carbocycles. The molecular weight excluding hydrogens is 780 g/mol. The van der Waals surface area contributed by atoms with Crippen LogP contribution in [0.15, 0.2) is 91.0 Å². The lowest BCUT2D eigenvalue weighted by Crippen LogP contribution is -2.48. The predicted octanol–water partition coefficient (Wildman–Crippen LogP) is 10.8. The smallest absolute Gasteiger partial charge is 0.494 e. The lowest BCUT2D eigenvalue weighted by molar-refractivity contribution is -0.275. The van der Waals surface area contributed by atoms with E-state index in [2.05, 4.69) is 19.5 Å². The highest BCUT2D eigenvalue weighted by Crippen LogP contribution is 2.39. The SMILES string of the molecule is COC(=O)CCCCCCCCOc1ccc(CC(NC(=O)c2ccc(F)c(C(F)(F)F)c2)(c2cccc(OC(F)(F)F)c2)c2cccc(OC(F)(F)F)c2)cc1. The molecule has 7 nitrogen and oxygen atoms in total. The molecule has 0 saturated heterocycles. The first-order valence-corrected chi connectivity index (χ1v) is 17.5. The van der Waals surface area contributed by atoms with E-state index in [1.165, 1.54) is 31.4 Å². The van der Waals surface area contributed by atoms with Crippen molar-refractivity contribution in [1.29, 1.82) is 0 Å². The molecular formula is C40H37F10NO6. The third-order valence-electron chi connectivity index (χ3n) is 8.65. The highest BCUT2D eigenvalue weighted by Gasteiger charge is 2.41. The van der Waals surface area contributed by atoms with Gasteiger partial charge in [0, 0.05) is 18.4 Å². The minimum absolute atomic E-state index is 0.189. The summed E-state index contributed by atoms with van der Waals surface area (Å²) >= 11 is 0. The number of benzene rings is 4. The molecule has 17 heteroatoms. The molecule has 1 N–H and O–H groups in total. The van der Waals surface area contributed by atoms with Crippen LogP contribution >= 0.6 is 0 Å².